The number of nitrogens with one attached hydrogen (secondary N) is 1. The summed E-state index contributed by atoms with van der Waals surface area (Å²) in [5.41, 5.74) is 0.682. The number of hydrogen-bond acceptors (Lipinski definition) is 5. The summed E-state index contributed by atoms with van der Waals surface area (Å²) >= 11 is 0. The summed E-state index contributed by atoms with van der Waals surface area (Å²) in [6.07, 6.45) is 1.82. The van der Waals surface area contributed by atoms with Crippen molar-refractivity contribution in [2.24, 2.45) is 0 Å². The van der Waals surface area contributed by atoms with E-state index in [1.165, 1.54) is 0 Å². The first-order valence-electron chi connectivity index (χ1n) is 5.33. The van der Waals surface area contributed by atoms with Crippen LogP contribution in [0.15, 0.2) is 6.20 Å². The van der Waals surface area contributed by atoms with Crippen molar-refractivity contribution in [2.45, 2.75) is 32.5 Å². The van der Waals surface area contributed by atoms with Crippen LogP contribution >= 0.6 is 0 Å². The molecular formula is C10H20N4O2. The molecule has 92 valence electrons. The van der Waals surface area contributed by atoms with E-state index in [0.717, 1.165) is 12.2 Å². The van der Waals surface area contributed by atoms with E-state index in [-0.39, 0.29) is 12.2 Å². The molecule has 0 saturated heterocycles. The largest absolute Gasteiger partial charge is 0.394 e. The lowest BCUT2D eigenvalue weighted by Gasteiger charge is -2.22. The minimum Gasteiger partial charge on any atom is -0.394 e. The topological polar surface area (TPSA) is 72.2 Å². The second kappa shape index (κ2) is 5.93. The predicted octanol–water partition coefficient (Wildman–Crippen LogP) is -0.215. The molecule has 16 heavy (non-hydrogen) atoms. The second-order valence-electron chi connectivity index (χ2n) is 4.26. The van der Waals surface area contributed by atoms with Crippen molar-refractivity contribution < 1.29 is 9.84 Å². The molecule has 0 amide bonds. The minimum atomic E-state index is -0.179. The molecule has 0 unspecified atom stereocenters. The van der Waals surface area contributed by atoms with E-state index in [2.05, 4.69) is 15.6 Å². The molecule has 2 N–H and O–H groups in total. The van der Waals surface area contributed by atoms with E-state index in [4.69, 9.17) is 9.84 Å². The van der Waals surface area contributed by atoms with E-state index < -0.39 is 0 Å². The molecule has 0 radical (unpaired) electrons. The first-order chi connectivity index (χ1) is 7.57. The van der Waals surface area contributed by atoms with Crippen molar-refractivity contribution in [2.75, 3.05) is 20.3 Å². The maximum atomic E-state index is 8.72. The third-order valence-electron chi connectivity index (χ3n) is 2.32. The number of hydrogen-bond donors (Lipinski definition) is 2. The Balaban J connectivity index is 2.31. The highest BCUT2D eigenvalue weighted by atomic mass is 16.5. The van der Waals surface area contributed by atoms with Crippen LogP contribution in [0.25, 0.3) is 0 Å². The maximum Gasteiger partial charge on any atom is 0.0964 e. The number of aliphatic hydroxyl groups excluding tert-OH is 1. The molecule has 6 nitrogen and oxygen atoms in total. The zero-order chi connectivity index (χ0) is 12.0. The molecule has 1 aromatic rings. The van der Waals surface area contributed by atoms with E-state index in [0.29, 0.717) is 13.1 Å². The van der Waals surface area contributed by atoms with E-state index >= 15 is 0 Å². The maximum absolute atomic E-state index is 8.72. The summed E-state index contributed by atoms with van der Waals surface area (Å²) in [6, 6.07) is 0. The second-order valence-corrected chi connectivity index (χ2v) is 4.26. The highest BCUT2D eigenvalue weighted by Crippen LogP contribution is 2.05. The summed E-state index contributed by atoms with van der Waals surface area (Å²) in [6.45, 7) is 5.99. The number of methoxy groups -OCH3 is 1. The van der Waals surface area contributed by atoms with Crippen molar-refractivity contribution in [1.82, 2.24) is 20.3 Å². The molecule has 0 aromatic carbocycles. The first kappa shape index (κ1) is 13.1. The zero-order valence-electron chi connectivity index (χ0n) is 10.1. The van der Waals surface area contributed by atoms with Gasteiger partial charge >= 0.3 is 0 Å². The Morgan fingerprint density at radius 1 is 1.56 bits per heavy atom. The van der Waals surface area contributed by atoms with Crippen molar-refractivity contribution >= 4 is 0 Å². The van der Waals surface area contributed by atoms with Gasteiger partial charge in [-0.1, -0.05) is 5.21 Å². The van der Waals surface area contributed by atoms with Gasteiger partial charge in [-0.15, -0.1) is 5.10 Å². The van der Waals surface area contributed by atoms with Gasteiger partial charge in [-0.2, -0.15) is 0 Å². The number of nitrogens with zero attached hydrogens (tertiary/aromatic N) is 3. The van der Waals surface area contributed by atoms with Crippen molar-refractivity contribution in [3.63, 3.8) is 0 Å². The summed E-state index contributed by atoms with van der Waals surface area (Å²) < 4.78 is 6.91. The fraction of sp³-hybridized carbons (Fsp3) is 0.800. The standard InChI is InChI=1S/C10H20N4O2/c1-10(2,16-3)8-11-6-9-7-14(4-5-15)13-12-9/h7,11,15H,4-6,8H2,1-3H3. The molecule has 1 aromatic heterocycles. The Morgan fingerprint density at radius 2 is 2.31 bits per heavy atom. The fourth-order valence-corrected chi connectivity index (χ4v) is 1.20. The van der Waals surface area contributed by atoms with Crippen LogP contribution in [0.5, 0.6) is 0 Å². The Labute approximate surface area is 95.6 Å². The van der Waals surface area contributed by atoms with Gasteiger partial charge in [0.25, 0.3) is 0 Å². The highest BCUT2D eigenvalue weighted by molar-refractivity contribution is 4.92. The monoisotopic (exact) mass is 228 g/mol. The van der Waals surface area contributed by atoms with Crippen LogP contribution in [0.4, 0.5) is 0 Å². The van der Waals surface area contributed by atoms with Crippen LogP contribution in [0.3, 0.4) is 0 Å². The summed E-state index contributed by atoms with van der Waals surface area (Å²) in [7, 11) is 1.69. The molecule has 1 rings (SSSR count). The summed E-state index contributed by atoms with van der Waals surface area (Å²) in [5, 5.41) is 19.8. The predicted molar refractivity (Wildman–Crippen MR) is 59.9 cm³/mol. The van der Waals surface area contributed by atoms with E-state index in [9.17, 15) is 0 Å². The van der Waals surface area contributed by atoms with Crippen molar-refractivity contribution in [3.05, 3.63) is 11.9 Å². The van der Waals surface area contributed by atoms with Crippen molar-refractivity contribution in [1.29, 1.82) is 0 Å². The smallest absolute Gasteiger partial charge is 0.0964 e. The minimum absolute atomic E-state index is 0.0763. The number of ether oxygens (including phenoxy) is 1. The molecule has 0 aliphatic carbocycles. The molecule has 6 heteroatoms. The lowest BCUT2D eigenvalue weighted by atomic mass is 10.1. The highest BCUT2D eigenvalue weighted by Gasteiger charge is 2.15. The Kier molecular flexibility index (Phi) is 4.85. The number of rotatable bonds is 7. The molecule has 1 heterocycles. The zero-order valence-corrected chi connectivity index (χ0v) is 10.1. The van der Waals surface area contributed by atoms with Gasteiger partial charge in [-0.3, -0.25) is 0 Å². The Morgan fingerprint density at radius 3 is 2.94 bits per heavy atom. The molecule has 0 fully saturated rings. The normalized spacial score (nSPS) is 12.0. The lowest BCUT2D eigenvalue weighted by Crippen LogP contribution is -2.36. The van der Waals surface area contributed by atoms with Gasteiger partial charge < -0.3 is 15.2 Å². The molecule has 0 aliphatic rings. The third-order valence-corrected chi connectivity index (χ3v) is 2.32. The lowest BCUT2D eigenvalue weighted by molar-refractivity contribution is 0.0230. The first-order valence-corrected chi connectivity index (χ1v) is 5.33. The van der Waals surface area contributed by atoms with E-state index in [1.807, 2.05) is 20.0 Å². The van der Waals surface area contributed by atoms with Gasteiger partial charge in [-0.05, 0) is 13.8 Å². The summed E-state index contributed by atoms with van der Waals surface area (Å²) in [4.78, 5) is 0. The molecule has 0 atom stereocenters. The SMILES string of the molecule is COC(C)(C)CNCc1cn(CCO)nn1. The van der Waals surface area contributed by atoms with Crippen molar-refractivity contribution in [3.8, 4) is 0 Å². The van der Waals surface area contributed by atoms with Gasteiger partial charge in [0.05, 0.1) is 24.4 Å². The van der Waals surface area contributed by atoms with Crippen LogP contribution in [-0.4, -0.2) is 46.0 Å². The van der Waals surface area contributed by atoms with Gasteiger partial charge in [0.2, 0.25) is 0 Å². The number of aromatic nitrogens is 3. The van der Waals surface area contributed by atoms with Crippen LogP contribution in [0.1, 0.15) is 19.5 Å². The summed E-state index contributed by atoms with van der Waals surface area (Å²) in [5.74, 6) is 0. The van der Waals surface area contributed by atoms with Crippen LogP contribution in [-0.2, 0) is 17.8 Å². The van der Waals surface area contributed by atoms with Crippen LogP contribution in [0, 0.1) is 0 Å². The van der Waals surface area contributed by atoms with Crippen LogP contribution in [0.2, 0.25) is 0 Å². The molecule has 0 spiro atoms. The quantitative estimate of drug-likeness (QED) is 0.675. The number of aliphatic hydroxyl groups is 1. The molecular weight excluding hydrogens is 208 g/mol. The molecule has 0 aliphatic heterocycles. The average molecular weight is 228 g/mol. The Hall–Kier alpha value is -0.980. The van der Waals surface area contributed by atoms with Crippen LogP contribution < -0.4 is 5.32 Å². The van der Waals surface area contributed by atoms with Gasteiger partial charge in [0, 0.05) is 26.4 Å². The van der Waals surface area contributed by atoms with E-state index in [1.54, 1.807) is 11.8 Å². The van der Waals surface area contributed by atoms with Gasteiger partial charge in [-0.25, -0.2) is 4.68 Å². The average Bonchev–Trinajstić information content (AvgIpc) is 2.66. The van der Waals surface area contributed by atoms with Gasteiger partial charge in [0.15, 0.2) is 0 Å². The third kappa shape index (κ3) is 4.26. The van der Waals surface area contributed by atoms with Gasteiger partial charge in [0.1, 0.15) is 0 Å². The molecule has 0 bridgehead atoms. The fourth-order valence-electron chi connectivity index (χ4n) is 1.20. The molecule has 0 saturated carbocycles. The Bertz CT molecular complexity index is 312.